The third-order valence-electron chi connectivity index (χ3n) is 5.61. The van der Waals surface area contributed by atoms with Gasteiger partial charge in [0.05, 0.1) is 12.0 Å². The quantitative estimate of drug-likeness (QED) is 0.690. The normalized spacial score (nSPS) is 21.9. The summed E-state index contributed by atoms with van der Waals surface area (Å²) in [6.45, 7) is 6.24. The maximum absolute atomic E-state index is 12.6. The number of carboxylic acids is 1. The first kappa shape index (κ1) is 20.5. The van der Waals surface area contributed by atoms with Crippen molar-refractivity contribution in [2.75, 3.05) is 6.54 Å². The summed E-state index contributed by atoms with van der Waals surface area (Å²) in [5.74, 6) is -0.767. The zero-order valence-corrected chi connectivity index (χ0v) is 17.3. The van der Waals surface area contributed by atoms with Crippen LogP contribution >= 0.6 is 11.6 Å². The van der Waals surface area contributed by atoms with E-state index >= 15 is 0 Å². The highest BCUT2D eigenvalue weighted by Crippen LogP contribution is 2.39. The van der Waals surface area contributed by atoms with Gasteiger partial charge in [0.1, 0.15) is 0 Å². The van der Waals surface area contributed by atoms with Crippen LogP contribution in [0, 0.1) is 5.92 Å². The standard InChI is InChI=1S/C22H27ClN2O3/c1-14(2)18-13-25(10-9-20(26)27)21(28)24-22(18,3)17-8-7-16(19(23)12-17)11-15-5-4-6-15/h7-8,11-14H,4-6,9-10H2,1-3H3,(H,24,28)(H,26,27)/t22-/m0/s1. The second-order valence-corrected chi connectivity index (χ2v) is 8.43. The van der Waals surface area contributed by atoms with Crippen molar-refractivity contribution in [3.05, 3.63) is 51.7 Å². The molecule has 1 saturated carbocycles. The van der Waals surface area contributed by atoms with Crippen molar-refractivity contribution in [2.24, 2.45) is 5.92 Å². The maximum atomic E-state index is 12.6. The minimum atomic E-state index is -0.927. The molecule has 0 aromatic heterocycles. The zero-order valence-electron chi connectivity index (χ0n) is 16.6. The highest BCUT2D eigenvalue weighted by Gasteiger charge is 2.39. The summed E-state index contributed by atoms with van der Waals surface area (Å²) in [6, 6.07) is 5.65. The molecule has 3 rings (SSSR count). The van der Waals surface area contributed by atoms with Crippen LogP contribution in [-0.4, -0.2) is 28.6 Å². The molecule has 0 unspecified atom stereocenters. The van der Waals surface area contributed by atoms with Crippen LogP contribution in [-0.2, 0) is 10.3 Å². The molecule has 0 saturated heterocycles. The second-order valence-electron chi connectivity index (χ2n) is 8.02. The number of carboxylic acid groups (broad SMARTS) is 1. The maximum Gasteiger partial charge on any atom is 0.322 e. The summed E-state index contributed by atoms with van der Waals surface area (Å²) < 4.78 is 0. The fourth-order valence-corrected chi connectivity index (χ4v) is 4.00. The third kappa shape index (κ3) is 4.09. The second kappa shape index (κ2) is 8.00. The van der Waals surface area contributed by atoms with Gasteiger partial charge in [-0.1, -0.05) is 49.2 Å². The van der Waals surface area contributed by atoms with Crippen molar-refractivity contribution in [3.63, 3.8) is 0 Å². The van der Waals surface area contributed by atoms with E-state index < -0.39 is 11.5 Å². The van der Waals surface area contributed by atoms with Gasteiger partial charge in [0, 0.05) is 17.8 Å². The van der Waals surface area contributed by atoms with Crippen molar-refractivity contribution >= 4 is 29.7 Å². The number of hydrogen-bond acceptors (Lipinski definition) is 2. The number of halogens is 1. The van der Waals surface area contributed by atoms with Gasteiger partial charge in [0.2, 0.25) is 0 Å². The molecule has 150 valence electrons. The van der Waals surface area contributed by atoms with Gasteiger partial charge in [-0.05, 0) is 54.9 Å². The van der Waals surface area contributed by atoms with Crippen LogP contribution in [0.5, 0.6) is 0 Å². The van der Waals surface area contributed by atoms with Gasteiger partial charge in [-0.3, -0.25) is 4.79 Å². The molecule has 0 bridgehead atoms. The van der Waals surface area contributed by atoms with Crippen LogP contribution in [0.15, 0.2) is 35.5 Å². The molecule has 2 aliphatic rings. The molecule has 2 N–H and O–H groups in total. The molecule has 1 fully saturated rings. The molecule has 1 aliphatic heterocycles. The average molecular weight is 403 g/mol. The fraction of sp³-hybridized carbons (Fsp3) is 0.455. The highest BCUT2D eigenvalue weighted by atomic mass is 35.5. The first-order chi connectivity index (χ1) is 13.2. The Labute approximate surface area is 171 Å². The lowest BCUT2D eigenvalue weighted by Crippen LogP contribution is -2.54. The van der Waals surface area contributed by atoms with Crippen LogP contribution in [0.4, 0.5) is 4.79 Å². The fourth-order valence-electron chi connectivity index (χ4n) is 3.76. The Balaban J connectivity index is 1.94. The molecule has 28 heavy (non-hydrogen) atoms. The smallest absolute Gasteiger partial charge is 0.322 e. The number of nitrogens with zero attached hydrogens (tertiary/aromatic N) is 1. The number of allylic oxidation sites excluding steroid dienone is 1. The molecule has 0 spiro atoms. The first-order valence-electron chi connectivity index (χ1n) is 9.73. The topological polar surface area (TPSA) is 69.6 Å². The van der Waals surface area contributed by atoms with E-state index in [-0.39, 0.29) is 24.9 Å². The van der Waals surface area contributed by atoms with E-state index in [9.17, 15) is 9.59 Å². The van der Waals surface area contributed by atoms with Crippen molar-refractivity contribution in [1.29, 1.82) is 0 Å². The van der Waals surface area contributed by atoms with Crippen molar-refractivity contribution < 1.29 is 14.7 Å². The lowest BCUT2D eigenvalue weighted by atomic mass is 9.78. The van der Waals surface area contributed by atoms with Gasteiger partial charge in [-0.25, -0.2) is 4.79 Å². The van der Waals surface area contributed by atoms with E-state index in [1.807, 2.05) is 25.1 Å². The van der Waals surface area contributed by atoms with Gasteiger partial charge in [-0.2, -0.15) is 0 Å². The molecule has 5 nitrogen and oxygen atoms in total. The monoisotopic (exact) mass is 402 g/mol. The zero-order chi connectivity index (χ0) is 20.5. The molecule has 1 aliphatic carbocycles. The van der Waals surface area contributed by atoms with E-state index in [1.54, 1.807) is 6.20 Å². The van der Waals surface area contributed by atoms with Crippen LogP contribution < -0.4 is 5.32 Å². The molecule has 2 amide bonds. The number of amides is 2. The predicted octanol–water partition coefficient (Wildman–Crippen LogP) is 5.16. The van der Waals surface area contributed by atoms with Crippen LogP contribution in [0.3, 0.4) is 0 Å². The van der Waals surface area contributed by atoms with Gasteiger partial charge < -0.3 is 15.3 Å². The lowest BCUT2D eigenvalue weighted by Gasteiger charge is -2.42. The summed E-state index contributed by atoms with van der Waals surface area (Å²) in [4.78, 5) is 25.0. The van der Waals surface area contributed by atoms with E-state index in [4.69, 9.17) is 16.7 Å². The minimum absolute atomic E-state index is 0.0960. The number of benzene rings is 1. The lowest BCUT2D eigenvalue weighted by molar-refractivity contribution is -0.137. The van der Waals surface area contributed by atoms with Crippen molar-refractivity contribution in [3.8, 4) is 0 Å². The molecule has 0 radical (unpaired) electrons. The molecule has 1 atom stereocenters. The van der Waals surface area contributed by atoms with Gasteiger partial charge in [-0.15, -0.1) is 0 Å². The predicted molar refractivity (Wildman–Crippen MR) is 111 cm³/mol. The molecule has 6 heteroatoms. The third-order valence-corrected chi connectivity index (χ3v) is 5.94. The Kier molecular flexibility index (Phi) is 5.84. The summed E-state index contributed by atoms with van der Waals surface area (Å²) in [5, 5.41) is 12.7. The number of urea groups is 1. The number of carbonyl (C=O) groups is 2. The molecular formula is C22H27ClN2O3. The van der Waals surface area contributed by atoms with Gasteiger partial charge in [0.15, 0.2) is 0 Å². The summed E-state index contributed by atoms with van der Waals surface area (Å²) in [6.07, 6.45) is 7.37. The van der Waals surface area contributed by atoms with Crippen LogP contribution in [0.1, 0.15) is 57.6 Å². The summed E-state index contributed by atoms with van der Waals surface area (Å²) in [5.41, 5.74) is 3.65. The molecule has 1 heterocycles. The van der Waals surface area contributed by atoms with Crippen molar-refractivity contribution in [2.45, 2.75) is 52.0 Å². The number of carbonyl (C=O) groups excluding carboxylic acids is 1. The Morgan fingerprint density at radius 2 is 2.11 bits per heavy atom. The number of nitrogens with one attached hydrogen (secondary N) is 1. The molecule has 1 aromatic rings. The molecular weight excluding hydrogens is 376 g/mol. The average Bonchev–Trinajstić information content (AvgIpc) is 2.57. The van der Waals surface area contributed by atoms with Gasteiger partial charge >= 0.3 is 12.0 Å². The minimum Gasteiger partial charge on any atom is -0.481 e. The Bertz CT molecular complexity index is 853. The summed E-state index contributed by atoms with van der Waals surface area (Å²) in [7, 11) is 0. The summed E-state index contributed by atoms with van der Waals surface area (Å²) >= 11 is 6.56. The van der Waals surface area contributed by atoms with Gasteiger partial charge in [0.25, 0.3) is 0 Å². The Hall–Kier alpha value is -2.27. The van der Waals surface area contributed by atoms with E-state index in [0.29, 0.717) is 5.02 Å². The Morgan fingerprint density at radius 1 is 1.39 bits per heavy atom. The van der Waals surface area contributed by atoms with Crippen LogP contribution in [0.2, 0.25) is 5.02 Å². The number of aliphatic carboxylic acids is 1. The van der Waals surface area contributed by atoms with E-state index in [1.165, 1.54) is 16.9 Å². The van der Waals surface area contributed by atoms with Crippen molar-refractivity contribution in [1.82, 2.24) is 10.2 Å². The molecule has 1 aromatic carbocycles. The van der Waals surface area contributed by atoms with Crippen LogP contribution in [0.25, 0.3) is 6.08 Å². The Morgan fingerprint density at radius 3 is 2.64 bits per heavy atom. The SMILES string of the molecule is CC(C)C1=CN(CCC(=O)O)C(=O)N[C@@]1(C)c1ccc(C=C2CCC2)c(Cl)c1. The number of rotatable bonds is 6. The first-order valence-corrected chi connectivity index (χ1v) is 10.1. The highest BCUT2D eigenvalue weighted by molar-refractivity contribution is 6.32. The van der Waals surface area contributed by atoms with E-state index in [2.05, 4.69) is 25.2 Å². The van der Waals surface area contributed by atoms with E-state index in [0.717, 1.165) is 29.5 Å². The number of hydrogen-bond donors (Lipinski definition) is 2. The largest absolute Gasteiger partial charge is 0.481 e.